The first-order chi connectivity index (χ1) is 14.2. The van der Waals surface area contributed by atoms with Crippen LogP contribution in [0.5, 0.6) is 0 Å². The molecule has 2 aromatic rings. The molecule has 4 rings (SSSR count). The fraction of sp³-hybridized carbons (Fsp3) is 0.455. The molecule has 2 fully saturated rings. The lowest BCUT2D eigenvalue weighted by molar-refractivity contribution is -0.119. The number of rotatable bonds is 4. The van der Waals surface area contributed by atoms with Gasteiger partial charge in [-0.3, -0.25) is 9.59 Å². The molecule has 2 saturated heterocycles. The molecule has 1 aromatic heterocycles. The molecular weight excluding hydrogens is 366 g/mol. The van der Waals surface area contributed by atoms with Gasteiger partial charge < -0.3 is 14.7 Å². The largest absolute Gasteiger partial charge is 0.356 e. The molecular formula is C22H27N5O2. The van der Waals surface area contributed by atoms with E-state index in [2.05, 4.69) is 9.88 Å². The fourth-order valence-corrected chi connectivity index (χ4v) is 3.91. The van der Waals surface area contributed by atoms with Gasteiger partial charge in [-0.2, -0.15) is 0 Å². The van der Waals surface area contributed by atoms with Crippen molar-refractivity contribution < 1.29 is 9.59 Å². The van der Waals surface area contributed by atoms with Gasteiger partial charge in [0.15, 0.2) is 5.82 Å². The normalized spacial score (nSPS) is 17.7. The maximum absolute atomic E-state index is 13.2. The Morgan fingerprint density at radius 3 is 2.21 bits per heavy atom. The molecule has 0 saturated carbocycles. The Kier molecular flexibility index (Phi) is 6.03. The van der Waals surface area contributed by atoms with E-state index in [0.717, 1.165) is 43.7 Å². The highest BCUT2D eigenvalue weighted by atomic mass is 16.2. The molecule has 29 heavy (non-hydrogen) atoms. The van der Waals surface area contributed by atoms with Crippen LogP contribution >= 0.6 is 0 Å². The van der Waals surface area contributed by atoms with E-state index in [1.165, 1.54) is 12.8 Å². The van der Waals surface area contributed by atoms with Gasteiger partial charge in [0, 0.05) is 50.9 Å². The standard InChI is InChI=1S/C22H27N5O2/c28-17-25-12-14-27(15-13-25)22(29)19-16-20(26-10-6-1-2-7-11-26)24-21(23-19)18-8-4-3-5-9-18/h3-5,8-9,16-17H,1-2,6-7,10-15H2. The van der Waals surface area contributed by atoms with E-state index in [0.29, 0.717) is 37.7 Å². The molecule has 1 aromatic carbocycles. The van der Waals surface area contributed by atoms with Gasteiger partial charge in [0.1, 0.15) is 11.5 Å². The van der Waals surface area contributed by atoms with Crippen molar-refractivity contribution in [3.05, 3.63) is 42.1 Å². The third kappa shape index (κ3) is 4.55. The van der Waals surface area contributed by atoms with Crippen LogP contribution in [0, 0.1) is 0 Å². The Labute approximate surface area is 171 Å². The molecule has 0 N–H and O–H groups in total. The molecule has 7 heteroatoms. The van der Waals surface area contributed by atoms with Crippen molar-refractivity contribution in [2.24, 2.45) is 0 Å². The van der Waals surface area contributed by atoms with Crippen LogP contribution in [0.15, 0.2) is 36.4 Å². The second kappa shape index (κ2) is 9.03. The molecule has 0 spiro atoms. The molecule has 0 aliphatic carbocycles. The topological polar surface area (TPSA) is 69.6 Å². The molecule has 0 atom stereocenters. The van der Waals surface area contributed by atoms with Crippen LogP contribution in [0.25, 0.3) is 11.4 Å². The van der Waals surface area contributed by atoms with Gasteiger partial charge in [-0.15, -0.1) is 0 Å². The summed E-state index contributed by atoms with van der Waals surface area (Å²) >= 11 is 0. The van der Waals surface area contributed by atoms with E-state index < -0.39 is 0 Å². The van der Waals surface area contributed by atoms with Crippen LogP contribution in [0.2, 0.25) is 0 Å². The first-order valence-electron chi connectivity index (χ1n) is 10.4. The van der Waals surface area contributed by atoms with Crippen LogP contribution < -0.4 is 4.90 Å². The van der Waals surface area contributed by atoms with Crippen LogP contribution in [0.3, 0.4) is 0 Å². The van der Waals surface area contributed by atoms with Crippen LogP contribution in [0.1, 0.15) is 36.2 Å². The summed E-state index contributed by atoms with van der Waals surface area (Å²) in [5.74, 6) is 1.32. The van der Waals surface area contributed by atoms with E-state index in [1.54, 1.807) is 9.80 Å². The smallest absolute Gasteiger partial charge is 0.272 e. The van der Waals surface area contributed by atoms with Crippen molar-refractivity contribution >= 4 is 18.1 Å². The number of benzene rings is 1. The summed E-state index contributed by atoms with van der Waals surface area (Å²) in [4.78, 5) is 39.3. The van der Waals surface area contributed by atoms with E-state index in [1.807, 2.05) is 36.4 Å². The summed E-state index contributed by atoms with van der Waals surface area (Å²) < 4.78 is 0. The van der Waals surface area contributed by atoms with Gasteiger partial charge in [-0.1, -0.05) is 43.2 Å². The highest BCUT2D eigenvalue weighted by Crippen LogP contribution is 2.23. The molecule has 0 bridgehead atoms. The van der Waals surface area contributed by atoms with Crippen molar-refractivity contribution in [2.45, 2.75) is 25.7 Å². The number of nitrogens with zero attached hydrogens (tertiary/aromatic N) is 5. The third-order valence-corrected chi connectivity index (χ3v) is 5.64. The van der Waals surface area contributed by atoms with Crippen molar-refractivity contribution in [1.29, 1.82) is 0 Å². The van der Waals surface area contributed by atoms with E-state index >= 15 is 0 Å². The second-order valence-electron chi connectivity index (χ2n) is 7.64. The summed E-state index contributed by atoms with van der Waals surface area (Å²) in [6.45, 7) is 4.09. The number of carbonyl (C=O) groups is 2. The zero-order chi connectivity index (χ0) is 20.1. The van der Waals surface area contributed by atoms with Gasteiger partial charge in [-0.05, 0) is 12.8 Å². The number of carbonyl (C=O) groups excluding carboxylic acids is 2. The predicted molar refractivity (Wildman–Crippen MR) is 112 cm³/mol. The summed E-state index contributed by atoms with van der Waals surface area (Å²) in [6.07, 6.45) is 5.60. The number of hydrogen-bond donors (Lipinski definition) is 0. The number of aromatic nitrogens is 2. The minimum Gasteiger partial charge on any atom is -0.356 e. The molecule has 2 aliphatic heterocycles. The summed E-state index contributed by atoms with van der Waals surface area (Å²) in [5.41, 5.74) is 1.33. The second-order valence-corrected chi connectivity index (χ2v) is 7.64. The zero-order valence-electron chi connectivity index (χ0n) is 16.7. The molecule has 3 heterocycles. The minimum absolute atomic E-state index is 0.0915. The van der Waals surface area contributed by atoms with Crippen molar-refractivity contribution in [3.8, 4) is 11.4 Å². The third-order valence-electron chi connectivity index (χ3n) is 5.64. The van der Waals surface area contributed by atoms with Crippen LogP contribution in [0.4, 0.5) is 5.82 Å². The number of hydrogen-bond acceptors (Lipinski definition) is 5. The first-order valence-corrected chi connectivity index (χ1v) is 10.4. The molecule has 0 unspecified atom stereocenters. The van der Waals surface area contributed by atoms with Gasteiger partial charge in [0.05, 0.1) is 0 Å². The minimum atomic E-state index is -0.0915. The number of anilines is 1. The maximum atomic E-state index is 13.2. The van der Waals surface area contributed by atoms with Gasteiger partial charge in [0.25, 0.3) is 5.91 Å². The van der Waals surface area contributed by atoms with Gasteiger partial charge >= 0.3 is 0 Å². The predicted octanol–water partition coefficient (Wildman–Crippen LogP) is 2.44. The molecule has 2 aliphatic rings. The average molecular weight is 393 g/mol. The fourth-order valence-electron chi connectivity index (χ4n) is 3.91. The number of amides is 2. The average Bonchev–Trinajstić information content (AvgIpc) is 3.09. The van der Waals surface area contributed by atoms with Crippen molar-refractivity contribution in [1.82, 2.24) is 19.8 Å². The van der Waals surface area contributed by atoms with Gasteiger partial charge in [0.2, 0.25) is 6.41 Å². The maximum Gasteiger partial charge on any atom is 0.272 e. The van der Waals surface area contributed by atoms with Crippen LogP contribution in [-0.4, -0.2) is 71.4 Å². The van der Waals surface area contributed by atoms with Crippen LogP contribution in [-0.2, 0) is 4.79 Å². The lowest BCUT2D eigenvalue weighted by Crippen LogP contribution is -2.48. The Bertz CT molecular complexity index is 842. The Balaban J connectivity index is 1.65. The SMILES string of the molecule is O=CN1CCN(C(=O)c2cc(N3CCCCCC3)nc(-c3ccccc3)n2)CC1. The summed E-state index contributed by atoms with van der Waals surface area (Å²) in [7, 11) is 0. The molecule has 2 amide bonds. The number of piperazine rings is 1. The Hall–Kier alpha value is -2.96. The Morgan fingerprint density at radius 1 is 0.862 bits per heavy atom. The lowest BCUT2D eigenvalue weighted by atomic mass is 10.2. The van der Waals surface area contributed by atoms with Crippen molar-refractivity contribution in [3.63, 3.8) is 0 Å². The molecule has 152 valence electrons. The summed E-state index contributed by atoms with van der Waals surface area (Å²) in [5, 5.41) is 0. The lowest BCUT2D eigenvalue weighted by Gasteiger charge is -2.32. The monoisotopic (exact) mass is 393 g/mol. The highest BCUT2D eigenvalue weighted by molar-refractivity contribution is 5.93. The highest BCUT2D eigenvalue weighted by Gasteiger charge is 2.24. The van der Waals surface area contributed by atoms with E-state index in [4.69, 9.17) is 4.98 Å². The summed E-state index contributed by atoms with van der Waals surface area (Å²) in [6, 6.07) is 11.7. The quantitative estimate of drug-likeness (QED) is 0.747. The van der Waals surface area contributed by atoms with Gasteiger partial charge in [-0.25, -0.2) is 9.97 Å². The van der Waals surface area contributed by atoms with Crippen molar-refractivity contribution in [2.75, 3.05) is 44.2 Å². The van der Waals surface area contributed by atoms with E-state index in [-0.39, 0.29) is 5.91 Å². The molecule has 0 radical (unpaired) electrons. The zero-order valence-corrected chi connectivity index (χ0v) is 16.7. The molecule has 7 nitrogen and oxygen atoms in total. The Morgan fingerprint density at radius 2 is 1.55 bits per heavy atom. The van der Waals surface area contributed by atoms with E-state index in [9.17, 15) is 9.59 Å². The first kappa shape index (κ1) is 19.4.